The molecule has 3 rings (SSSR count). The fourth-order valence-electron chi connectivity index (χ4n) is 1.67. The first-order chi connectivity index (χ1) is 8.25. The molecule has 0 amide bonds. The second-order valence-electron chi connectivity index (χ2n) is 3.56. The number of nitrogens with one attached hydrogen (secondary N) is 1. The van der Waals surface area contributed by atoms with E-state index in [-0.39, 0.29) is 11.2 Å². The van der Waals surface area contributed by atoms with E-state index in [0.29, 0.717) is 16.8 Å². The van der Waals surface area contributed by atoms with E-state index in [1.165, 1.54) is 27.2 Å². The lowest BCUT2D eigenvalue weighted by atomic mass is 10.4. The van der Waals surface area contributed by atoms with Crippen LogP contribution in [0, 0.1) is 0 Å². The number of nitrogens with zero attached hydrogens (tertiary/aromatic N) is 1. The summed E-state index contributed by atoms with van der Waals surface area (Å²) in [6.45, 7) is 0.333. The van der Waals surface area contributed by atoms with E-state index in [2.05, 4.69) is 4.98 Å². The lowest BCUT2D eigenvalue weighted by Crippen LogP contribution is -2.34. The van der Waals surface area contributed by atoms with Gasteiger partial charge in [0.2, 0.25) is 0 Å². The van der Waals surface area contributed by atoms with Gasteiger partial charge in [-0.25, -0.2) is 4.79 Å². The molecule has 0 unspecified atom stereocenters. The molecule has 6 heteroatoms. The van der Waals surface area contributed by atoms with Crippen LogP contribution in [0.25, 0.3) is 10.2 Å². The van der Waals surface area contributed by atoms with E-state index in [1.54, 1.807) is 11.4 Å². The lowest BCUT2D eigenvalue weighted by Gasteiger charge is -2.02. The Hall–Kier alpha value is -1.66. The summed E-state index contributed by atoms with van der Waals surface area (Å²) in [5, 5.41) is 3.73. The molecule has 0 aliphatic heterocycles. The number of hydrogen-bond acceptors (Lipinski definition) is 4. The molecular weight excluding hydrogens is 256 g/mol. The van der Waals surface area contributed by atoms with E-state index >= 15 is 0 Å². The summed E-state index contributed by atoms with van der Waals surface area (Å²) in [5.74, 6) is 0. The van der Waals surface area contributed by atoms with Crippen LogP contribution in [-0.4, -0.2) is 9.55 Å². The summed E-state index contributed by atoms with van der Waals surface area (Å²) < 4.78 is 1.84. The summed E-state index contributed by atoms with van der Waals surface area (Å²) in [6.07, 6.45) is 0. The molecule has 0 fully saturated rings. The molecule has 0 saturated heterocycles. The maximum atomic E-state index is 12.1. The molecule has 17 heavy (non-hydrogen) atoms. The van der Waals surface area contributed by atoms with Gasteiger partial charge in [0, 0.05) is 4.88 Å². The number of hydrogen-bond donors (Lipinski definition) is 1. The number of aromatic nitrogens is 2. The SMILES string of the molecule is O=c1[nH]c2ccsc2c(=O)n1Cc1cccs1. The zero-order chi connectivity index (χ0) is 11.8. The van der Waals surface area contributed by atoms with Crippen molar-refractivity contribution < 1.29 is 0 Å². The Morgan fingerprint density at radius 2 is 2.06 bits per heavy atom. The molecule has 3 heterocycles. The van der Waals surface area contributed by atoms with E-state index in [4.69, 9.17) is 0 Å². The highest BCUT2D eigenvalue weighted by molar-refractivity contribution is 7.17. The Morgan fingerprint density at radius 1 is 1.18 bits per heavy atom. The second-order valence-corrected chi connectivity index (χ2v) is 5.51. The number of H-pyrrole nitrogens is 1. The van der Waals surface area contributed by atoms with E-state index < -0.39 is 0 Å². The molecule has 0 spiro atoms. The van der Waals surface area contributed by atoms with Crippen LogP contribution in [-0.2, 0) is 6.54 Å². The first kappa shape index (κ1) is 10.5. The predicted molar refractivity (Wildman–Crippen MR) is 70.1 cm³/mol. The molecule has 0 radical (unpaired) electrons. The predicted octanol–water partition coefficient (Wildman–Crippen LogP) is 1.86. The van der Waals surface area contributed by atoms with Gasteiger partial charge in [-0.3, -0.25) is 9.36 Å². The van der Waals surface area contributed by atoms with Crippen LogP contribution in [0.1, 0.15) is 4.88 Å². The Balaban J connectivity index is 2.22. The highest BCUT2D eigenvalue weighted by Gasteiger charge is 2.09. The van der Waals surface area contributed by atoms with Crippen molar-refractivity contribution in [2.24, 2.45) is 0 Å². The smallest absolute Gasteiger partial charge is 0.306 e. The molecule has 0 bridgehead atoms. The third-order valence-corrected chi connectivity index (χ3v) is 4.25. The average molecular weight is 264 g/mol. The summed E-state index contributed by atoms with van der Waals surface area (Å²) >= 11 is 2.88. The van der Waals surface area contributed by atoms with Crippen molar-refractivity contribution in [2.45, 2.75) is 6.54 Å². The van der Waals surface area contributed by atoms with Crippen molar-refractivity contribution in [3.8, 4) is 0 Å². The Bertz CT molecular complexity index is 765. The minimum absolute atomic E-state index is 0.216. The highest BCUT2D eigenvalue weighted by atomic mass is 32.1. The van der Waals surface area contributed by atoms with E-state index in [1.807, 2.05) is 17.5 Å². The monoisotopic (exact) mass is 264 g/mol. The van der Waals surface area contributed by atoms with Crippen LogP contribution in [0.2, 0.25) is 0 Å². The average Bonchev–Trinajstić information content (AvgIpc) is 2.94. The normalized spacial score (nSPS) is 11.1. The molecule has 3 aromatic rings. The third kappa shape index (κ3) is 1.75. The van der Waals surface area contributed by atoms with Crippen molar-refractivity contribution >= 4 is 32.9 Å². The van der Waals surface area contributed by atoms with Crippen molar-refractivity contribution in [3.05, 3.63) is 54.7 Å². The summed E-state index contributed by atoms with van der Waals surface area (Å²) in [4.78, 5) is 27.6. The zero-order valence-corrected chi connectivity index (χ0v) is 10.3. The molecule has 4 nitrogen and oxygen atoms in total. The quantitative estimate of drug-likeness (QED) is 0.768. The van der Waals surface area contributed by atoms with Gasteiger partial charge < -0.3 is 4.98 Å². The molecule has 3 aromatic heterocycles. The highest BCUT2D eigenvalue weighted by Crippen LogP contribution is 2.13. The van der Waals surface area contributed by atoms with Crippen molar-refractivity contribution in [2.75, 3.05) is 0 Å². The zero-order valence-electron chi connectivity index (χ0n) is 8.67. The maximum Gasteiger partial charge on any atom is 0.329 e. The van der Waals surface area contributed by atoms with Gasteiger partial charge in [-0.15, -0.1) is 22.7 Å². The topological polar surface area (TPSA) is 54.9 Å². The Labute approximate surface area is 104 Å². The van der Waals surface area contributed by atoms with Crippen LogP contribution in [0.4, 0.5) is 0 Å². The molecule has 0 atom stereocenters. The van der Waals surface area contributed by atoms with Gasteiger partial charge >= 0.3 is 5.69 Å². The summed E-state index contributed by atoms with van der Waals surface area (Å²) in [6, 6.07) is 5.57. The molecule has 1 N–H and O–H groups in total. The van der Waals surface area contributed by atoms with E-state index in [0.717, 1.165) is 4.88 Å². The number of aromatic amines is 1. The third-order valence-electron chi connectivity index (χ3n) is 2.49. The molecule has 0 aromatic carbocycles. The van der Waals surface area contributed by atoms with Crippen LogP contribution in [0.5, 0.6) is 0 Å². The van der Waals surface area contributed by atoms with Gasteiger partial charge in [-0.1, -0.05) is 6.07 Å². The van der Waals surface area contributed by atoms with Crippen LogP contribution in [0.3, 0.4) is 0 Å². The molecule has 0 aliphatic carbocycles. The minimum atomic E-state index is -0.352. The number of thiophene rings is 2. The Kier molecular flexibility index (Phi) is 2.45. The molecule has 0 aliphatic rings. The van der Waals surface area contributed by atoms with Gasteiger partial charge in [0.05, 0.1) is 12.1 Å². The summed E-state index contributed by atoms with van der Waals surface area (Å²) in [5.41, 5.74) is 0.0499. The van der Waals surface area contributed by atoms with E-state index in [9.17, 15) is 9.59 Å². The van der Waals surface area contributed by atoms with Gasteiger partial charge in [-0.2, -0.15) is 0 Å². The lowest BCUT2D eigenvalue weighted by molar-refractivity contribution is 0.721. The standard InChI is InChI=1S/C11H8N2O2S2/c14-10-9-8(3-5-17-9)12-11(15)13(10)6-7-2-1-4-16-7/h1-5H,6H2,(H,12,15). The van der Waals surface area contributed by atoms with Crippen LogP contribution < -0.4 is 11.2 Å². The van der Waals surface area contributed by atoms with Crippen molar-refractivity contribution in [1.82, 2.24) is 9.55 Å². The van der Waals surface area contributed by atoms with Crippen LogP contribution >= 0.6 is 22.7 Å². The van der Waals surface area contributed by atoms with Crippen LogP contribution in [0.15, 0.2) is 38.5 Å². The Morgan fingerprint density at radius 3 is 2.82 bits per heavy atom. The summed E-state index contributed by atoms with van der Waals surface area (Å²) in [7, 11) is 0. The fraction of sp³-hybridized carbons (Fsp3) is 0.0909. The molecule has 0 saturated carbocycles. The van der Waals surface area contributed by atoms with Crippen molar-refractivity contribution in [3.63, 3.8) is 0 Å². The maximum absolute atomic E-state index is 12.1. The second kappa shape index (κ2) is 3.97. The first-order valence-electron chi connectivity index (χ1n) is 4.98. The fourth-order valence-corrected chi connectivity index (χ4v) is 3.16. The van der Waals surface area contributed by atoms with Gasteiger partial charge in [0.25, 0.3) is 5.56 Å². The molecule has 86 valence electrons. The largest absolute Gasteiger partial charge is 0.329 e. The molecular formula is C11H8N2O2S2. The minimum Gasteiger partial charge on any atom is -0.306 e. The van der Waals surface area contributed by atoms with Gasteiger partial charge in [0.1, 0.15) is 4.70 Å². The first-order valence-corrected chi connectivity index (χ1v) is 6.74. The number of fused-ring (bicyclic) bond motifs is 1. The van der Waals surface area contributed by atoms with Crippen molar-refractivity contribution in [1.29, 1.82) is 0 Å². The van der Waals surface area contributed by atoms with Gasteiger partial charge in [0.15, 0.2) is 0 Å². The number of rotatable bonds is 2. The van der Waals surface area contributed by atoms with Gasteiger partial charge in [-0.05, 0) is 22.9 Å².